The maximum atomic E-state index is 12.3. The predicted molar refractivity (Wildman–Crippen MR) is 117 cm³/mol. The fourth-order valence-corrected chi connectivity index (χ4v) is 4.79. The highest BCUT2D eigenvalue weighted by molar-refractivity contribution is 9.10. The van der Waals surface area contributed by atoms with E-state index < -0.39 is 0 Å². The third-order valence-electron chi connectivity index (χ3n) is 4.26. The summed E-state index contributed by atoms with van der Waals surface area (Å²) in [5.41, 5.74) is 3.34. The number of aryl methyl sites for hydroxylation is 1. The van der Waals surface area contributed by atoms with E-state index in [0.717, 1.165) is 40.3 Å². The van der Waals surface area contributed by atoms with Crippen molar-refractivity contribution in [2.75, 3.05) is 35.7 Å². The third kappa shape index (κ3) is 6.05. The van der Waals surface area contributed by atoms with E-state index in [2.05, 4.69) is 45.2 Å². The SMILES string of the molecule is Cc1cc(CN2CCSCC2)ccc1NC(=O)CSc1ccc(Br)cc1. The fourth-order valence-electron chi connectivity index (χ4n) is 2.85. The largest absolute Gasteiger partial charge is 0.325 e. The first-order valence-corrected chi connectivity index (χ1v) is 11.6. The number of anilines is 1. The topological polar surface area (TPSA) is 32.3 Å². The molecule has 0 spiro atoms. The van der Waals surface area contributed by atoms with Crippen LogP contribution >= 0.6 is 39.5 Å². The second kappa shape index (κ2) is 9.83. The zero-order chi connectivity index (χ0) is 18.4. The standard InChI is InChI=1S/C20H23BrN2OS2/c1-15-12-16(13-23-8-10-25-11-9-23)2-7-19(15)22-20(24)14-26-18-5-3-17(21)4-6-18/h2-7,12H,8-11,13-14H2,1H3,(H,22,24). The Morgan fingerprint density at radius 2 is 1.92 bits per heavy atom. The van der Waals surface area contributed by atoms with E-state index in [9.17, 15) is 4.79 Å². The van der Waals surface area contributed by atoms with Crippen LogP contribution in [0.5, 0.6) is 0 Å². The first-order chi connectivity index (χ1) is 12.6. The predicted octanol–water partition coefficient (Wildman–Crippen LogP) is 5.04. The molecule has 0 saturated carbocycles. The first kappa shape index (κ1) is 19.8. The van der Waals surface area contributed by atoms with Crippen LogP contribution in [0.15, 0.2) is 51.8 Å². The Morgan fingerprint density at radius 3 is 2.62 bits per heavy atom. The van der Waals surface area contributed by atoms with Crippen molar-refractivity contribution in [2.24, 2.45) is 0 Å². The van der Waals surface area contributed by atoms with Crippen LogP contribution in [0, 0.1) is 6.92 Å². The fraction of sp³-hybridized carbons (Fsp3) is 0.350. The van der Waals surface area contributed by atoms with Crippen LogP contribution in [0.25, 0.3) is 0 Å². The van der Waals surface area contributed by atoms with Gasteiger partial charge in [0.1, 0.15) is 0 Å². The van der Waals surface area contributed by atoms with Gasteiger partial charge in [0.25, 0.3) is 0 Å². The van der Waals surface area contributed by atoms with Gasteiger partial charge >= 0.3 is 0 Å². The molecule has 2 aromatic carbocycles. The minimum Gasteiger partial charge on any atom is -0.325 e. The lowest BCUT2D eigenvalue weighted by Gasteiger charge is -2.26. The number of carbonyl (C=O) groups excluding carboxylic acids is 1. The van der Waals surface area contributed by atoms with E-state index in [-0.39, 0.29) is 5.91 Å². The van der Waals surface area contributed by atoms with E-state index in [0.29, 0.717) is 5.75 Å². The Hall–Kier alpha value is -0.950. The molecule has 1 amide bonds. The number of hydrogen-bond donors (Lipinski definition) is 1. The molecule has 0 atom stereocenters. The van der Waals surface area contributed by atoms with E-state index >= 15 is 0 Å². The van der Waals surface area contributed by atoms with Gasteiger partial charge in [-0.25, -0.2) is 0 Å². The van der Waals surface area contributed by atoms with Gasteiger partial charge in [0, 0.05) is 46.2 Å². The molecule has 1 aliphatic rings. The summed E-state index contributed by atoms with van der Waals surface area (Å²) in [6, 6.07) is 14.4. The summed E-state index contributed by atoms with van der Waals surface area (Å²) in [7, 11) is 0. The van der Waals surface area contributed by atoms with Crippen LogP contribution in [-0.4, -0.2) is 41.2 Å². The number of benzene rings is 2. The Kier molecular flexibility index (Phi) is 7.49. The first-order valence-electron chi connectivity index (χ1n) is 8.68. The summed E-state index contributed by atoms with van der Waals surface area (Å²) in [5.74, 6) is 2.89. The summed E-state index contributed by atoms with van der Waals surface area (Å²) in [4.78, 5) is 15.8. The summed E-state index contributed by atoms with van der Waals surface area (Å²) in [6.07, 6.45) is 0. The number of nitrogens with one attached hydrogen (secondary N) is 1. The molecular formula is C20H23BrN2OS2. The molecule has 0 bridgehead atoms. The maximum absolute atomic E-state index is 12.3. The molecule has 0 aromatic heterocycles. The second-order valence-corrected chi connectivity index (χ2v) is 9.52. The number of thioether (sulfide) groups is 2. The molecule has 6 heteroatoms. The van der Waals surface area contributed by atoms with Crippen molar-refractivity contribution >= 4 is 51.0 Å². The molecule has 1 saturated heterocycles. The lowest BCUT2D eigenvalue weighted by molar-refractivity contribution is -0.113. The van der Waals surface area contributed by atoms with E-state index in [1.165, 1.54) is 17.1 Å². The van der Waals surface area contributed by atoms with Gasteiger partial charge in [-0.1, -0.05) is 28.1 Å². The zero-order valence-electron chi connectivity index (χ0n) is 14.8. The van der Waals surface area contributed by atoms with Crippen LogP contribution in [0.1, 0.15) is 11.1 Å². The lowest BCUT2D eigenvalue weighted by Crippen LogP contribution is -2.31. The van der Waals surface area contributed by atoms with Crippen molar-refractivity contribution in [1.82, 2.24) is 4.90 Å². The molecule has 1 heterocycles. The van der Waals surface area contributed by atoms with Crippen molar-refractivity contribution in [2.45, 2.75) is 18.4 Å². The number of hydrogen-bond acceptors (Lipinski definition) is 4. The van der Waals surface area contributed by atoms with Gasteiger partial charge in [0.15, 0.2) is 0 Å². The Labute approximate surface area is 172 Å². The van der Waals surface area contributed by atoms with E-state index in [1.54, 1.807) is 11.8 Å². The molecule has 2 aromatic rings. The average Bonchev–Trinajstić information content (AvgIpc) is 2.64. The quantitative estimate of drug-likeness (QED) is 0.624. The van der Waals surface area contributed by atoms with Crippen molar-refractivity contribution < 1.29 is 4.79 Å². The molecule has 0 unspecified atom stereocenters. The molecule has 0 aliphatic carbocycles. The second-order valence-electron chi connectivity index (χ2n) is 6.33. The number of halogens is 1. The number of amides is 1. The summed E-state index contributed by atoms with van der Waals surface area (Å²) < 4.78 is 1.05. The summed E-state index contributed by atoms with van der Waals surface area (Å²) in [6.45, 7) is 5.38. The molecule has 3 nitrogen and oxygen atoms in total. The molecule has 1 fully saturated rings. The van der Waals surface area contributed by atoms with Crippen molar-refractivity contribution in [1.29, 1.82) is 0 Å². The van der Waals surface area contributed by atoms with E-state index in [4.69, 9.17) is 0 Å². The average molecular weight is 451 g/mol. The van der Waals surface area contributed by atoms with Gasteiger partial charge in [-0.15, -0.1) is 11.8 Å². The minimum absolute atomic E-state index is 0.0295. The van der Waals surface area contributed by atoms with Gasteiger partial charge in [-0.05, 0) is 48.4 Å². The Bertz CT molecular complexity index is 746. The van der Waals surface area contributed by atoms with Gasteiger partial charge in [-0.3, -0.25) is 9.69 Å². The van der Waals surface area contributed by atoms with Crippen LogP contribution in [-0.2, 0) is 11.3 Å². The van der Waals surface area contributed by atoms with Crippen LogP contribution in [0.4, 0.5) is 5.69 Å². The molecular weight excluding hydrogens is 428 g/mol. The normalized spacial score (nSPS) is 15.0. The van der Waals surface area contributed by atoms with Crippen molar-refractivity contribution in [3.05, 3.63) is 58.1 Å². The number of nitrogens with zero attached hydrogens (tertiary/aromatic N) is 1. The molecule has 138 valence electrons. The molecule has 3 rings (SSSR count). The van der Waals surface area contributed by atoms with Gasteiger partial charge in [-0.2, -0.15) is 11.8 Å². The van der Waals surface area contributed by atoms with Crippen molar-refractivity contribution in [3.63, 3.8) is 0 Å². The third-order valence-corrected chi connectivity index (χ3v) is 6.74. The lowest BCUT2D eigenvalue weighted by atomic mass is 10.1. The monoisotopic (exact) mass is 450 g/mol. The minimum atomic E-state index is 0.0295. The maximum Gasteiger partial charge on any atom is 0.234 e. The molecule has 1 N–H and O–H groups in total. The van der Waals surface area contributed by atoms with Crippen LogP contribution < -0.4 is 5.32 Å². The van der Waals surface area contributed by atoms with Crippen LogP contribution in [0.2, 0.25) is 0 Å². The molecule has 26 heavy (non-hydrogen) atoms. The Morgan fingerprint density at radius 1 is 1.19 bits per heavy atom. The number of rotatable bonds is 6. The highest BCUT2D eigenvalue weighted by Gasteiger charge is 2.12. The zero-order valence-corrected chi connectivity index (χ0v) is 18.1. The summed E-state index contributed by atoms with van der Waals surface area (Å²) >= 11 is 7.00. The van der Waals surface area contributed by atoms with E-state index in [1.807, 2.05) is 42.1 Å². The molecule has 0 radical (unpaired) electrons. The number of carbonyl (C=O) groups is 1. The highest BCUT2D eigenvalue weighted by atomic mass is 79.9. The van der Waals surface area contributed by atoms with Crippen molar-refractivity contribution in [3.8, 4) is 0 Å². The Balaban J connectivity index is 1.52. The van der Waals surface area contributed by atoms with Gasteiger partial charge in [0.05, 0.1) is 5.75 Å². The molecule has 1 aliphatic heterocycles. The van der Waals surface area contributed by atoms with Gasteiger partial charge in [0.2, 0.25) is 5.91 Å². The smallest absolute Gasteiger partial charge is 0.234 e. The van der Waals surface area contributed by atoms with Crippen LogP contribution in [0.3, 0.4) is 0 Å². The highest BCUT2D eigenvalue weighted by Crippen LogP contribution is 2.22. The van der Waals surface area contributed by atoms with Gasteiger partial charge < -0.3 is 5.32 Å². The summed E-state index contributed by atoms with van der Waals surface area (Å²) in [5, 5.41) is 3.04.